The maximum absolute atomic E-state index is 12.4. The second-order valence-corrected chi connectivity index (χ2v) is 9.46. The van der Waals surface area contributed by atoms with Gasteiger partial charge in [-0.2, -0.15) is 0 Å². The fraction of sp³-hybridized carbons (Fsp3) is 0.471. The number of amides is 1. The van der Waals surface area contributed by atoms with Gasteiger partial charge in [-0.25, -0.2) is 0 Å². The topological polar surface area (TPSA) is 32.3 Å². The SMILES string of the molecule is CC1CCN(C(CNC(=O)c2cc(Cl)sc2Cl)c2cccs2)CC1. The number of carbonyl (C=O) groups is 1. The molecule has 0 bridgehead atoms. The second kappa shape index (κ2) is 8.19. The number of likely N-dealkylation sites (tertiary alicyclic amines) is 1. The van der Waals surface area contributed by atoms with E-state index in [-0.39, 0.29) is 11.9 Å². The summed E-state index contributed by atoms with van der Waals surface area (Å²) in [4.78, 5) is 16.2. The van der Waals surface area contributed by atoms with Crippen LogP contribution in [-0.2, 0) is 0 Å². The largest absolute Gasteiger partial charge is 0.350 e. The smallest absolute Gasteiger partial charge is 0.253 e. The zero-order chi connectivity index (χ0) is 17.1. The van der Waals surface area contributed by atoms with Gasteiger partial charge in [0.05, 0.1) is 15.9 Å². The summed E-state index contributed by atoms with van der Waals surface area (Å²) in [6.07, 6.45) is 2.42. The summed E-state index contributed by atoms with van der Waals surface area (Å²) in [5.41, 5.74) is 0.462. The van der Waals surface area contributed by atoms with Crippen LogP contribution in [0.4, 0.5) is 0 Å². The fourth-order valence-corrected chi connectivity index (χ4v) is 5.33. The molecule has 1 atom stereocenters. The molecule has 7 heteroatoms. The third-order valence-electron chi connectivity index (χ3n) is 4.49. The van der Waals surface area contributed by atoms with E-state index in [9.17, 15) is 4.79 Å². The minimum absolute atomic E-state index is 0.157. The average Bonchev–Trinajstić information content (AvgIpc) is 3.19. The van der Waals surface area contributed by atoms with E-state index >= 15 is 0 Å². The molecule has 1 unspecified atom stereocenters. The van der Waals surface area contributed by atoms with Crippen molar-refractivity contribution in [3.05, 3.63) is 42.7 Å². The molecule has 0 aliphatic carbocycles. The molecule has 0 saturated carbocycles. The van der Waals surface area contributed by atoms with Crippen LogP contribution in [0.2, 0.25) is 8.67 Å². The highest BCUT2D eigenvalue weighted by molar-refractivity contribution is 7.20. The summed E-state index contributed by atoms with van der Waals surface area (Å²) in [5.74, 6) is 0.627. The molecule has 0 aromatic carbocycles. The van der Waals surface area contributed by atoms with Gasteiger partial charge in [0.1, 0.15) is 4.34 Å². The molecule has 2 aromatic heterocycles. The molecular formula is C17H20Cl2N2OS2. The molecule has 1 aliphatic heterocycles. The standard InChI is InChI=1S/C17H20Cl2N2OS2/c1-11-4-6-21(7-5-11)13(14-3-2-8-23-14)10-20-17(22)12-9-15(18)24-16(12)19/h2-3,8-9,11,13H,4-7,10H2,1H3,(H,20,22). The Morgan fingerprint density at radius 2 is 2.17 bits per heavy atom. The number of carbonyl (C=O) groups excluding carboxylic acids is 1. The van der Waals surface area contributed by atoms with Gasteiger partial charge >= 0.3 is 0 Å². The molecule has 2 aromatic rings. The monoisotopic (exact) mass is 402 g/mol. The van der Waals surface area contributed by atoms with Crippen molar-refractivity contribution in [2.24, 2.45) is 5.92 Å². The average molecular weight is 403 g/mol. The van der Waals surface area contributed by atoms with E-state index in [1.165, 1.54) is 29.1 Å². The number of nitrogens with one attached hydrogen (secondary N) is 1. The van der Waals surface area contributed by atoms with Crippen LogP contribution in [0.3, 0.4) is 0 Å². The zero-order valence-electron chi connectivity index (χ0n) is 13.4. The summed E-state index contributed by atoms with van der Waals surface area (Å²) >= 11 is 15.0. The number of halogens is 2. The molecule has 3 rings (SSSR count). The van der Waals surface area contributed by atoms with Crippen LogP contribution in [0, 0.1) is 5.92 Å². The normalized spacial score (nSPS) is 17.8. The Bertz CT molecular complexity index is 679. The second-order valence-electron chi connectivity index (χ2n) is 6.20. The van der Waals surface area contributed by atoms with Gasteiger partial charge in [-0.3, -0.25) is 9.69 Å². The van der Waals surface area contributed by atoms with Gasteiger partial charge in [-0.1, -0.05) is 36.2 Å². The maximum atomic E-state index is 12.4. The Balaban J connectivity index is 1.68. The number of hydrogen-bond donors (Lipinski definition) is 1. The van der Waals surface area contributed by atoms with Crippen molar-refractivity contribution in [2.45, 2.75) is 25.8 Å². The van der Waals surface area contributed by atoms with E-state index in [1.807, 2.05) is 0 Å². The van der Waals surface area contributed by atoms with E-state index in [0.29, 0.717) is 20.8 Å². The number of nitrogens with zero attached hydrogens (tertiary/aromatic N) is 1. The van der Waals surface area contributed by atoms with Crippen LogP contribution in [0.15, 0.2) is 23.6 Å². The first-order valence-corrected chi connectivity index (χ1v) is 10.5. The van der Waals surface area contributed by atoms with Gasteiger partial charge in [0, 0.05) is 11.4 Å². The molecular weight excluding hydrogens is 383 g/mol. The molecule has 1 amide bonds. The van der Waals surface area contributed by atoms with E-state index in [1.54, 1.807) is 17.4 Å². The predicted octanol–water partition coefficient (Wildman–Crippen LogP) is 5.32. The number of rotatable bonds is 5. The Morgan fingerprint density at radius 1 is 1.42 bits per heavy atom. The van der Waals surface area contributed by atoms with Gasteiger partial charge in [0.25, 0.3) is 5.91 Å². The highest BCUT2D eigenvalue weighted by atomic mass is 35.5. The molecule has 1 aliphatic rings. The Kier molecular flexibility index (Phi) is 6.22. The summed E-state index contributed by atoms with van der Waals surface area (Å²) in [7, 11) is 0. The summed E-state index contributed by atoms with van der Waals surface area (Å²) in [5, 5.41) is 5.13. The Labute approximate surface area is 160 Å². The van der Waals surface area contributed by atoms with E-state index < -0.39 is 0 Å². The van der Waals surface area contributed by atoms with Crippen molar-refractivity contribution in [1.82, 2.24) is 10.2 Å². The number of hydrogen-bond acceptors (Lipinski definition) is 4. The summed E-state index contributed by atoms with van der Waals surface area (Å²) < 4.78 is 0.974. The number of piperidine rings is 1. The van der Waals surface area contributed by atoms with Gasteiger partial charge < -0.3 is 5.32 Å². The highest BCUT2D eigenvalue weighted by Crippen LogP contribution is 2.32. The lowest BCUT2D eigenvalue weighted by Crippen LogP contribution is -2.41. The van der Waals surface area contributed by atoms with E-state index in [4.69, 9.17) is 23.2 Å². The van der Waals surface area contributed by atoms with Crippen molar-refractivity contribution < 1.29 is 4.79 Å². The van der Waals surface area contributed by atoms with Crippen molar-refractivity contribution in [2.75, 3.05) is 19.6 Å². The quantitative estimate of drug-likeness (QED) is 0.733. The Hall–Kier alpha value is -0.590. The van der Waals surface area contributed by atoms with Crippen LogP contribution in [0.25, 0.3) is 0 Å². The molecule has 1 N–H and O–H groups in total. The number of thiophene rings is 2. The van der Waals surface area contributed by atoms with Gasteiger partial charge in [-0.05, 0) is 49.4 Å². The third-order valence-corrected chi connectivity index (χ3v) is 6.95. The molecule has 3 heterocycles. The van der Waals surface area contributed by atoms with Gasteiger partial charge in [-0.15, -0.1) is 22.7 Å². The summed E-state index contributed by atoms with van der Waals surface area (Å²) in [6, 6.07) is 6.06. The van der Waals surface area contributed by atoms with Crippen LogP contribution in [0.5, 0.6) is 0 Å². The molecule has 3 nitrogen and oxygen atoms in total. The first kappa shape index (κ1) is 18.2. The minimum atomic E-state index is -0.157. The molecule has 1 saturated heterocycles. The van der Waals surface area contributed by atoms with E-state index in [2.05, 4.69) is 34.7 Å². The van der Waals surface area contributed by atoms with Crippen molar-refractivity contribution in [1.29, 1.82) is 0 Å². The van der Waals surface area contributed by atoms with Crippen molar-refractivity contribution >= 4 is 51.8 Å². The van der Waals surface area contributed by atoms with Crippen LogP contribution in [-0.4, -0.2) is 30.4 Å². The fourth-order valence-electron chi connectivity index (χ4n) is 3.01. The van der Waals surface area contributed by atoms with Crippen molar-refractivity contribution in [3.8, 4) is 0 Å². The minimum Gasteiger partial charge on any atom is -0.350 e. The van der Waals surface area contributed by atoms with Crippen LogP contribution >= 0.6 is 45.9 Å². The molecule has 24 heavy (non-hydrogen) atoms. The van der Waals surface area contributed by atoms with Crippen LogP contribution in [0.1, 0.15) is 41.0 Å². The third kappa shape index (κ3) is 4.33. The van der Waals surface area contributed by atoms with Crippen LogP contribution < -0.4 is 5.32 Å². The lowest BCUT2D eigenvalue weighted by atomic mass is 9.97. The molecule has 0 spiro atoms. The summed E-state index contributed by atoms with van der Waals surface area (Å²) in [6.45, 7) is 5.04. The Morgan fingerprint density at radius 3 is 2.75 bits per heavy atom. The zero-order valence-corrected chi connectivity index (χ0v) is 16.6. The van der Waals surface area contributed by atoms with Gasteiger partial charge in [0.2, 0.25) is 0 Å². The first-order chi connectivity index (χ1) is 11.5. The highest BCUT2D eigenvalue weighted by Gasteiger charge is 2.26. The van der Waals surface area contributed by atoms with E-state index in [0.717, 1.165) is 19.0 Å². The maximum Gasteiger partial charge on any atom is 0.253 e. The molecule has 130 valence electrons. The molecule has 1 fully saturated rings. The molecule has 0 radical (unpaired) electrons. The van der Waals surface area contributed by atoms with Gasteiger partial charge in [0.15, 0.2) is 0 Å². The van der Waals surface area contributed by atoms with Crippen molar-refractivity contribution in [3.63, 3.8) is 0 Å². The lowest BCUT2D eigenvalue weighted by Gasteiger charge is -2.36. The predicted molar refractivity (Wildman–Crippen MR) is 104 cm³/mol. The first-order valence-electron chi connectivity index (χ1n) is 8.05. The lowest BCUT2D eigenvalue weighted by molar-refractivity contribution is 0.0915.